The standard InChI is InChI=1S/C23H33N3O2S/c1-22(2,3)15-23(4,5)25-19(27)14-29-21-24-18-13-9-8-12-17(18)20(28)26(21)16-10-6-7-11-16/h8-9,12-13,16H,6-7,10-11,14-15H2,1-5H3,(H,25,27). The monoisotopic (exact) mass is 415 g/mol. The molecule has 1 N–H and O–H groups in total. The second kappa shape index (κ2) is 8.50. The molecule has 0 aliphatic heterocycles. The van der Waals surface area contributed by atoms with Crippen LogP contribution in [0.2, 0.25) is 0 Å². The van der Waals surface area contributed by atoms with E-state index in [1.807, 2.05) is 28.8 Å². The molecule has 158 valence electrons. The fourth-order valence-electron chi connectivity index (χ4n) is 4.63. The minimum absolute atomic E-state index is 0.0125. The van der Waals surface area contributed by atoms with Gasteiger partial charge >= 0.3 is 0 Å². The number of carbonyl (C=O) groups excluding carboxylic acids is 1. The van der Waals surface area contributed by atoms with Gasteiger partial charge in [-0.05, 0) is 50.7 Å². The van der Waals surface area contributed by atoms with Crippen molar-refractivity contribution in [3.05, 3.63) is 34.6 Å². The summed E-state index contributed by atoms with van der Waals surface area (Å²) in [7, 11) is 0. The van der Waals surface area contributed by atoms with Crippen molar-refractivity contribution >= 4 is 28.6 Å². The summed E-state index contributed by atoms with van der Waals surface area (Å²) in [6, 6.07) is 7.66. The number of hydrogen-bond donors (Lipinski definition) is 1. The SMILES string of the molecule is CC(C)(C)CC(C)(C)NC(=O)CSc1nc2ccccc2c(=O)n1C1CCCC1. The van der Waals surface area contributed by atoms with Crippen LogP contribution in [-0.2, 0) is 4.79 Å². The van der Waals surface area contributed by atoms with Crippen molar-refractivity contribution in [2.45, 2.75) is 83.5 Å². The van der Waals surface area contributed by atoms with Gasteiger partial charge in [0.25, 0.3) is 5.56 Å². The number of benzene rings is 1. The van der Waals surface area contributed by atoms with E-state index in [9.17, 15) is 9.59 Å². The number of hydrogen-bond acceptors (Lipinski definition) is 4. The molecular weight excluding hydrogens is 382 g/mol. The molecule has 0 unspecified atom stereocenters. The molecular formula is C23H33N3O2S. The summed E-state index contributed by atoms with van der Waals surface area (Å²) in [6.45, 7) is 10.6. The fourth-order valence-corrected chi connectivity index (χ4v) is 5.49. The van der Waals surface area contributed by atoms with Gasteiger partial charge in [0.05, 0.1) is 16.7 Å². The van der Waals surface area contributed by atoms with E-state index >= 15 is 0 Å². The molecule has 1 fully saturated rings. The number of carbonyl (C=O) groups is 1. The highest BCUT2D eigenvalue weighted by Gasteiger charge is 2.28. The lowest BCUT2D eigenvalue weighted by Gasteiger charge is -2.33. The van der Waals surface area contributed by atoms with E-state index in [2.05, 4.69) is 39.9 Å². The molecule has 29 heavy (non-hydrogen) atoms. The molecule has 6 heteroatoms. The van der Waals surface area contributed by atoms with Crippen LogP contribution in [0.3, 0.4) is 0 Å². The molecule has 0 spiro atoms. The maximum absolute atomic E-state index is 13.2. The van der Waals surface area contributed by atoms with Gasteiger partial charge in [0, 0.05) is 11.6 Å². The molecule has 1 aliphatic rings. The van der Waals surface area contributed by atoms with Crippen molar-refractivity contribution < 1.29 is 4.79 Å². The van der Waals surface area contributed by atoms with Crippen LogP contribution in [0, 0.1) is 5.41 Å². The van der Waals surface area contributed by atoms with E-state index < -0.39 is 0 Å². The van der Waals surface area contributed by atoms with Gasteiger partial charge in [-0.15, -0.1) is 0 Å². The van der Waals surface area contributed by atoms with Gasteiger partial charge < -0.3 is 5.32 Å². The number of rotatable bonds is 6. The Morgan fingerprint density at radius 3 is 2.48 bits per heavy atom. The molecule has 1 amide bonds. The van der Waals surface area contributed by atoms with E-state index in [1.54, 1.807) is 0 Å². The molecule has 1 aromatic heterocycles. The highest BCUT2D eigenvalue weighted by atomic mass is 32.2. The summed E-state index contributed by atoms with van der Waals surface area (Å²) >= 11 is 1.37. The zero-order valence-corrected chi connectivity index (χ0v) is 19.1. The third kappa shape index (κ3) is 5.62. The Balaban J connectivity index is 1.81. The second-order valence-electron chi connectivity index (χ2n) is 9.98. The molecule has 1 aromatic carbocycles. The van der Waals surface area contributed by atoms with Crippen LogP contribution in [0.5, 0.6) is 0 Å². The summed E-state index contributed by atoms with van der Waals surface area (Å²) in [5.74, 6) is 0.232. The molecule has 5 nitrogen and oxygen atoms in total. The summed E-state index contributed by atoms with van der Waals surface area (Å²) in [4.78, 5) is 30.6. The first-order valence-electron chi connectivity index (χ1n) is 10.5. The van der Waals surface area contributed by atoms with Crippen LogP contribution in [-0.4, -0.2) is 26.8 Å². The largest absolute Gasteiger partial charge is 0.350 e. The summed E-state index contributed by atoms with van der Waals surface area (Å²) in [6.07, 6.45) is 5.15. The van der Waals surface area contributed by atoms with Gasteiger partial charge in [-0.25, -0.2) is 4.98 Å². The maximum Gasteiger partial charge on any atom is 0.262 e. The minimum Gasteiger partial charge on any atom is -0.350 e. The molecule has 1 heterocycles. The lowest BCUT2D eigenvalue weighted by molar-refractivity contribution is -0.120. The molecule has 0 saturated heterocycles. The van der Waals surface area contributed by atoms with E-state index in [0.29, 0.717) is 16.1 Å². The van der Waals surface area contributed by atoms with Crippen molar-refractivity contribution in [1.82, 2.24) is 14.9 Å². The topological polar surface area (TPSA) is 64.0 Å². The highest BCUT2D eigenvalue weighted by molar-refractivity contribution is 7.99. The van der Waals surface area contributed by atoms with Crippen molar-refractivity contribution in [1.29, 1.82) is 0 Å². The lowest BCUT2D eigenvalue weighted by Crippen LogP contribution is -2.46. The number of thioether (sulfide) groups is 1. The van der Waals surface area contributed by atoms with Crippen molar-refractivity contribution in [2.24, 2.45) is 5.41 Å². The molecule has 2 aromatic rings. The molecule has 3 rings (SSSR count). The first-order chi connectivity index (χ1) is 13.6. The number of aromatic nitrogens is 2. The average molecular weight is 416 g/mol. The average Bonchev–Trinajstić information content (AvgIpc) is 3.11. The van der Waals surface area contributed by atoms with Crippen LogP contribution < -0.4 is 10.9 Å². The number of nitrogens with one attached hydrogen (secondary N) is 1. The molecule has 0 radical (unpaired) electrons. The first-order valence-corrected chi connectivity index (χ1v) is 11.5. The smallest absolute Gasteiger partial charge is 0.262 e. The highest BCUT2D eigenvalue weighted by Crippen LogP contribution is 2.32. The Morgan fingerprint density at radius 1 is 1.17 bits per heavy atom. The summed E-state index contributed by atoms with van der Waals surface area (Å²) in [5, 5.41) is 4.46. The van der Waals surface area contributed by atoms with Crippen LogP contribution in [0.1, 0.15) is 72.8 Å². The van der Waals surface area contributed by atoms with Crippen molar-refractivity contribution in [2.75, 3.05) is 5.75 Å². The summed E-state index contributed by atoms with van der Waals surface area (Å²) < 4.78 is 1.84. The van der Waals surface area contributed by atoms with E-state index in [4.69, 9.17) is 4.98 Å². The normalized spacial score (nSPS) is 15.8. The number of amides is 1. The van der Waals surface area contributed by atoms with Gasteiger partial charge in [0.2, 0.25) is 5.91 Å². The number of nitrogens with zero attached hydrogens (tertiary/aromatic N) is 2. The van der Waals surface area contributed by atoms with Crippen LogP contribution in [0.4, 0.5) is 0 Å². The molecule has 0 bridgehead atoms. The molecule has 1 saturated carbocycles. The number of para-hydroxylation sites is 1. The zero-order chi connectivity index (χ0) is 21.2. The van der Waals surface area contributed by atoms with E-state index in [1.165, 1.54) is 11.8 Å². The van der Waals surface area contributed by atoms with Crippen molar-refractivity contribution in [3.8, 4) is 0 Å². The Morgan fingerprint density at radius 2 is 1.83 bits per heavy atom. The third-order valence-corrected chi connectivity index (χ3v) is 6.20. The van der Waals surface area contributed by atoms with Gasteiger partial charge in [-0.3, -0.25) is 14.2 Å². The van der Waals surface area contributed by atoms with E-state index in [-0.39, 0.29) is 34.2 Å². The Kier molecular flexibility index (Phi) is 6.42. The zero-order valence-electron chi connectivity index (χ0n) is 18.2. The number of fused-ring (bicyclic) bond motifs is 1. The quantitative estimate of drug-likeness (QED) is 0.536. The first kappa shape index (κ1) is 21.9. The molecule has 0 atom stereocenters. The fraction of sp³-hybridized carbons (Fsp3) is 0.609. The van der Waals surface area contributed by atoms with E-state index in [0.717, 1.165) is 32.1 Å². The van der Waals surface area contributed by atoms with Gasteiger partial charge in [-0.2, -0.15) is 0 Å². The van der Waals surface area contributed by atoms with Crippen LogP contribution >= 0.6 is 11.8 Å². The predicted molar refractivity (Wildman–Crippen MR) is 121 cm³/mol. The Labute approximate surface area is 177 Å². The van der Waals surface area contributed by atoms with Gasteiger partial charge in [0.15, 0.2) is 5.16 Å². The van der Waals surface area contributed by atoms with Crippen LogP contribution in [0.15, 0.2) is 34.2 Å². The van der Waals surface area contributed by atoms with Crippen molar-refractivity contribution in [3.63, 3.8) is 0 Å². The Bertz CT molecular complexity index is 937. The predicted octanol–water partition coefficient (Wildman–Crippen LogP) is 4.93. The summed E-state index contributed by atoms with van der Waals surface area (Å²) in [5.41, 5.74) is 0.561. The lowest BCUT2D eigenvalue weighted by atomic mass is 9.82. The van der Waals surface area contributed by atoms with Gasteiger partial charge in [-0.1, -0.05) is 57.5 Å². The Hall–Kier alpha value is -1.82. The maximum atomic E-state index is 13.2. The second-order valence-corrected chi connectivity index (χ2v) is 10.9. The van der Waals surface area contributed by atoms with Crippen LogP contribution in [0.25, 0.3) is 10.9 Å². The van der Waals surface area contributed by atoms with Gasteiger partial charge in [0.1, 0.15) is 0 Å². The molecule has 1 aliphatic carbocycles. The third-order valence-electron chi connectivity index (χ3n) is 5.25. The minimum atomic E-state index is -0.280.